The third kappa shape index (κ3) is 29.4. The van der Waals surface area contributed by atoms with E-state index in [1.807, 2.05) is 0 Å². The minimum absolute atomic E-state index is 0.00705. The number of unbranched alkanes of at least 4 members (excludes halogenated alkanes) is 15. The Morgan fingerprint density at radius 2 is 0.585 bits per heavy atom. The molecule has 0 saturated carbocycles. The van der Waals surface area contributed by atoms with Crippen LogP contribution in [0.4, 0.5) is 0 Å². The van der Waals surface area contributed by atoms with Gasteiger partial charge in [0.2, 0.25) is 29.5 Å². The average molecular weight is 1680 g/mol. The average Bonchev–Trinajstić information content (AvgIpc) is 1.09. The molecule has 0 aromatic carbocycles. The molecule has 0 bridgehead atoms. The van der Waals surface area contributed by atoms with Crippen molar-refractivity contribution in [2.75, 3.05) is 112 Å². The molecular weight excluding hydrogens is 1540 g/mol. The number of carbonyl (C=O) groups is 5. The van der Waals surface area contributed by atoms with Gasteiger partial charge in [-0.05, 0) is 32.1 Å². The molecule has 4 aliphatic rings. The normalized spacial score (nSPS) is 25.5. The van der Waals surface area contributed by atoms with Crippen molar-refractivity contribution >= 4 is 29.5 Å². The van der Waals surface area contributed by atoms with Crippen molar-refractivity contribution in [2.45, 2.75) is 292 Å². The number of amides is 5. The van der Waals surface area contributed by atoms with Crippen LogP contribution in [-0.2, 0) is 76.3 Å². The summed E-state index contributed by atoms with van der Waals surface area (Å²) in [6.45, 7) is -0.472. The molecule has 4 aliphatic heterocycles. The number of aliphatic hydroxyl groups is 16. The Balaban J connectivity index is 1.02. The Bertz CT molecular complexity index is 3580. The standard InChI is InChI=1S/C76H133N21O21/c1-3-4-5-6-7-8-9-10-11-12-13-14-15-16-17-18-23-77-65(107)44-91(33-54-37-95(83-79-54)29-20-25-87-41-62(104)74(116)70(112)58(87)49-99)67(109)46-93(35-56-39-97(85-81-56)31-22-27-89-43-64(106)76(118)72(114)60(89)51-101)68(110)47-92(34-55-38-96(84-80-55)30-21-26-88-42-63(105)75(117)71(113)59(88)50-100)66(108)45-90(52(2)102)32-53-36-94(82-78-53)28-19-24-86-40-61(103)73(115)69(111)57(86)48-98/h36-39,57-64,69-76,98-101,103-106,111-118H,3-35,40-51H2,1-2H3,(H,77,107)/t57-,58-,59-,60-,61+,62+,63+,64+,69-,70-,71-,72-,73-,74-,75-,76-/m1/s1. The fourth-order valence-electron chi connectivity index (χ4n) is 16.0. The summed E-state index contributed by atoms with van der Waals surface area (Å²) in [6.07, 6.45) is 9.73. The molecule has 42 heteroatoms. The molecule has 0 spiro atoms. The topological polar surface area (TPSA) is 570 Å². The Morgan fingerprint density at radius 3 is 0.847 bits per heavy atom. The number of hydrogen-bond acceptors (Lipinski definition) is 33. The van der Waals surface area contributed by atoms with Gasteiger partial charge in [-0.3, -0.25) is 62.3 Å². The van der Waals surface area contributed by atoms with Crippen LogP contribution in [0.25, 0.3) is 0 Å². The fourth-order valence-corrected chi connectivity index (χ4v) is 16.0. The van der Waals surface area contributed by atoms with Gasteiger partial charge >= 0.3 is 0 Å². The zero-order valence-corrected chi connectivity index (χ0v) is 68.5. The van der Waals surface area contributed by atoms with E-state index in [2.05, 4.69) is 53.5 Å². The number of aliphatic hydroxyl groups excluding tert-OH is 16. The molecule has 16 atom stereocenters. The molecule has 0 unspecified atom stereocenters. The summed E-state index contributed by atoms with van der Waals surface area (Å²) in [5.74, 6) is -3.47. The number of hydrogen-bond donors (Lipinski definition) is 17. The Morgan fingerprint density at radius 1 is 0.339 bits per heavy atom. The van der Waals surface area contributed by atoms with Crippen molar-refractivity contribution in [3.63, 3.8) is 0 Å². The first-order valence-electron chi connectivity index (χ1n) is 42.2. The van der Waals surface area contributed by atoms with E-state index in [4.69, 9.17) is 0 Å². The van der Waals surface area contributed by atoms with E-state index in [0.717, 1.165) is 35.5 Å². The second-order valence-corrected chi connectivity index (χ2v) is 32.3. The number of aromatic nitrogens is 12. The fraction of sp³-hybridized carbons (Fsp3) is 0.829. The summed E-state index contributed by atoms with van der Waals surface area (Å²) < 4.78 is 5.91. The number of aryl methyl sites for hydroxylation is 4. The second-order valence-electron chi connectivity index (χ2n) is 32.3. The van der Waals surface area contributed by atoms with E-state index in [1.54, 1.807) is 32.0 Å². The number of likely N-dealkylation sites (tertiary alicyclic amines) is 4. The van der Waals surface area contributed by atoms with Crippen molar-refractivity contribution in [2.24, 2.45) is 0 Å². The van der Waals surface area contributed by atoms with Crippen LogP contribution in [0.1, 0.15) is 165 Å². The van der Waals surface area contributed by atoms with Crippen LogP contribution in [-0.4, -0.2) is 419 Å². The number of rotatable bonds is 53. The molecule has 8 heterocycles. The van der Waals surface area contributed by atoms with Crippen molar-refractivity contribution in [3.05, 3.63) is 47.6 Å². The highest BCUT2D eigenvalue weighted by atomic mass is 16.4. The van der Waals surface area contributed by atoms with E-state index in [1.165, 1.54) is 118 Å². The molecule has 5 amide bonds. The van der Waals surface area contributed by atoms with Gasteiger partial charge in [0.15, 0.2) is 0 Å². The summed E-state index contributed by atoms with van der Waals surface area (Å²) in [4.78, 5) is 85.1. The first kappa shape index (κ1) is 96.6. The van der Waals surface area contributed by atoms with Crippen LogP contribution in [0.3, 0.4) is 0 Å². The van der Waals surface area contributed by atoms with Gasteiger partial charge in [-0.2, -0.15) is 0 Å². The molecule has 4 aromatic heterocycles. The summed E-state index contributed by atoms with van der Waals surface area (Å²) in [6, 6.07) is -3.43. The predicted octanol–water partition coefficient (Wildman–Crippen LogP) is -6.54. The lowest BCUT2D eigenvalue weighted by Crippen LogP contribution is -2.62. The second kappa shape index (κ2) is 49.9. The molecule has 42 nitrogen and oxygen atoms in total. The molecule has 17 N–H and O–H groups in total. The molecule has 0 aliphatic carbocycles. The van der Waals surface area contributed by atoms with Gasteiger partial charge in [-0.25, -0.2) is 0 Å². The highest BCUT2D eigenvalue weighted by molar-refractivity contribution is 5.91. The molecular formula is C76H133N21O21. The Labute approximate surface area is 688 Å². The van der Waals surface area contributed by atoms with Gasteiger partial charge in [-0.15, -0.1) is 20.4 Å². The Kier molecular flexibility index (Phi) is 40.8. The van der Waals surface area contributed by atoms with E-state index in [9.17, 15) is 91.3 Å². The summed E-state index contributed by atoms with van der Waals surface area (Å²) in [7, 11) is 0. The number of piperidine rings is 4. The highest BCUT2D eigenvalue weighted by Crippen LogP contribution is 2.25. The minimum Gasteiger partial charge on any atom is -0.395 e. The molecule has 4 fully saturated rings. The summed E-state index contributed by atoms with van der Waals surface area (Å²) in [5, 5.41) is 203. The van der Waals surface area contributed by atoms with Crippen LogP contribution in [0.5, 0.6) is 0 Å². The number of carbonyl (C=O) groups excluding carboxylic acids is 5. The smallest absolute Gasteiger partial charge is 0.243 e. The maximum absolute atomic E-state index is 15.6. The number of nitrogens with zero attached hydrogens (tertiary/aromatic N) is 20. The third-order valence-corrected chi connectivity index (χ3v) is 23.1. The van der Waals surface area contributed by atoms with Crippen molar-refractivity contribution in [1.29, 1.82) is 0 Å². The van der Waals surface area contributed by atoms with Gasteiger partial charge in [0.25, 0.3) is 0 Å². The van der Waals surface area contributed by atoms with Crippen LogP contribution < -0.4 is 5.32 Å². The summed E-state index contributed by atoms with van der Waals surface area (Å²) >= 11 is 0. The maximum Gasteiger partial charge on any atom is 0.243 e. The van der Waals surface area contributed by atoms with Gasteiger partial charge in [0.05, 0.1) is 133 Å². The minimum atomic E-state index is -1.47. The molecule has 4 saturated heterocycles. The zero-order valence-electron chi connectivity index (χ0n) is 68.5. The van der Waals surface area contributed by atoms with E-state index in [-0.39, 0.29) is 114 Å². The van der Waals surface area contributed by atoms with E-state index >= 15 is 14.4 Å². The highest BCUT2D eigenvalue weighted by Gasteiger charge is 2.45. The quantitative estimate of drug-likeness (QED) is 0.0183. The van der Waals surface area contributed by atoms with Crippen LogP contribution in [0.15, 0.2) is 24.8 Å². The van der Waals surface area contributed by atoms with Crippen molar-refractivity contribution in [1.82, 2.24) is 104 Å². The molecule has 0 radical (unpaired) electrons. The van der Waals surface area contributed by atoms with E-state index in [0.29, 0.717) is 38.6 Å². The lowest BCUT2D eigenvalue weighted by molar-refractivity contribution is -0.147. The van der Waals surface area contributed by atoms with Gasteiger partial charge < -0.3 is 107 Å². The largest absolute Gasteiger partial charge is 0.395 e. The Hall–Kier alpha value is -6.89. The van der Waals surface area contributed by atoms with Crippen molar-refractivity contribution < 1.29 is 106 Å². The molecule has 8 rings (SSSR count). The summed E-state index contributed by atoms with van der Waals surface area (Å²) in [5.41, 5.74) is 0.825. The third-order valence-electron chi connectivity index (χ3n) is 23.1. The predicted molar refractivity (Wildman–Crippen MR) is 420 cm³/mol. The first-order valence-corrected chi connectivity index (χ1v) is 42.2. The molecule has 668 valence electrons. The lowest BCUT2D eigenvalue weighted by atomic mass is 9.94. The van der Waals surface area contributed by atoms with Crippen molar-refractivity contribution in [3.8, 4) is 0 Å². The SMILES string of the molecule is CCCCCCCCCCCCCCCCCCNC(=O)CN(Cc1cn(CCCN2C[C@H](O)[C@@H](O)[C@H](O)[C@H]2CO)nn1)C(=O)CN(Cc1cn(CCCN2C[C@H](O)[C@@H](O)[C@H](O)[C@H]2CO)nn1)C(=O)CN(Cc1cn(CCCN2C[C@H](O)[C@@H](O)[C@H](O)[C@H]2CO)nn1)C(=O)CN(Cc1cn(CCCN2C[C@H](O)[C@@H](O)[C@H](O)[C@H]2CO)nn1)C(C)=O. The van der Waals surface area contributed by atoms with Crippen LogP contribution in [0.2, 0.25) is 0 Å². The molecule has 4 aromatic rings. The number of nitrogens with one attached hydrogen (secondary N) is 1. The maximum atomic E-state index is 15.6. The van der Waals surface area contributed by atoms with E-state index < -0.39 is 193 Å². The number of β-amino-alcohol motifs (C(OH)–C–C–N with tert-alkyl or cyclic N) is 4. The zero-order chi connectivity index (χ0) is 85.4. The monoisotopic (exact) mass is 1680 g/mol. The lowest BCUT2D eigenvalue weighted by Gasteiger charge is -2.43. The molecule has 118 heavy (non-hydrogen) atoms. The van der Waals surface area contributed by atoms with Crippen LogP contribution in [0, 0.1) is 0 Å². The van der Waals surface area contributed by atoms with Crippen LogP contribution >= 0.6 is 0 Å². The first-order chi connectivity index (χ1) is 56.7. The van der Waals surface area contributed by atoms with Gasteiger partial charge in [-0.1, -0.05) is 124 Å². The van der Waals surface area contributed by atoms with Gasteiger partial charge in [0, 0.05) is 92.0 Å². The van der Waals surface area contributed by atoms with Gasteiger partial charge in [0.1, 0.15) is 91.2 Å².